The van der Waals surface area contributed by atoms with Crippen LogP contribution in [-0.2, 0) is 6.18 Å². The van der Waals surface area contributed by atoms with Gasteiger partial charge in [0.05, 0.1) is 0 Å². The summed E-state index contributed by atoms with van der Waals surface area (Å²) in [5.41, 5.74) is 5.67. The second-order valence-corrected chi connectivity index (χ2v) is 4.27. The molecule has 0 bridgehead atoms. The van der Waals surface area contributed by atoms with Crippen LogP contribution in [0.1, 0.15) is 21.9 Å². The maximum atomic E-state index is 12.6. The topological polar surface area (TPSA) is 99.1 Å². The van der Waals surface area contributed by atoms with Gasteiger partial charge in [-0.3, -0.25) is 4.79 Å². The van der Waals surface area contributed by atoms with Crippen molar-refractivity contribution in [3.63, 3.8) is 0 Å². The van der Waals surface area contributed by atoms with Gasteiger partial charge in [0.15, 0.2) is 11.5 Å². The molecule has 0 amide bonds. The quantitative estimate of drug-likeness (QED) is 0.717. The van der Waals surface area contributed by atoms with Crippen molar-refractivity contribution in [2.45, 2.75) is 6.18 Å². The molecule has 2 heterocycles. The van der Waals surface area contributed by atoms with Gasteiger partial charge in [0.25, 0.3) is 11.6 Å². The fourth-order valence-corrected chi connectivity index (χ4v) is 1.78. The number of aromatic nitrogens is 5. The van der Waals surface area contributed by atoms with Crippen LogP contribution in [0, 0.1) is 0 Å². The summed E-state index contributed by atoms with van der Waals surface area (Å²) in [5, 5.41) is 10.2. The van der Waals surface area contributed by atoms with Gasteiger partial charge in [0, 0.05) is 5.56 Å². The summed E-state index contributed by atoms with van der Waals surface area (Å²) < 4.78 is 38.4. The Bertz CT molecular complexity index is 858. The highest BCUT2D eigenvalue weighted by Gasteiger charge is 2.37. The van der Waals surface area contributed by atoms with Crippen LogP contribution in [0.3, 0.4) is 0 Å². The Morgan fingerprint density at radius 1 is 1.14 bits per heavy atom. The number of nitrogens with two attached hydrogens (primary N) is 1. The minimum Gasteiger partial charge on any atom is -0.382 e. The average molecular weight is 308 g/mol. The number of carbonyl (C=O) groups excluding carboxylic acids is 1. The molecule has 22 heavy (non-hydrogen) atoms. The van der Waals surface area contributed by atoms with Crippen LogP contribution in [0.25, 0.3) is 5.78 Å². The van der Waals surface area contributed by atoms with Crippen molar-refractivity contribution in [3.8, 4) is 0 Å². The van der Waals surface area contributed by atoms with E-state index in [2.05, 4.69) is 20.3 Å². The van der Waals surface area contributed by atoms with Gasteiger partial charge in [0.2, 0.25) is 5.78 Å². The van der Waals surface area contributed by atoms with Gasteiger partial charge in [0.1, 0.15) is 0 Å². The van der Waals surface area contributed by atoms with Crippen molar-refractivity contribution in [1.82, 2.24) is 24.8 Å². The Labute approximate surface area is 120 Å². The molecule has 0 radical (unpaired) electrons. The summed E-state index contributed by atoms with van der Waals surface area (Å²) in [5.74, 6) is -2.77. The van der Waals surface area contributed by atoms with Gasteiger partial charge >= 0.3 is 6.18 Å². The van der Waals surface area contributed by atoms with Crippen molar-refractivity contribution in [1.29, 1.82) is 0 Å². The molecule has 3 rings (SSSR count). The number of alkyl halides is 3. The van der Waals surface area contributed by atoms with Crippen molar-refractivity contribution in [2.24, 2.45) is 0 Å². The van der Waals surface area contributed by atoms with Crippen LogP contribution < -0.4 is 5.73 Å². The summed E-state index contributed by atoms with van der Waals surface area (Å²) in [7, 11) is 0. The predicted molar refractivity (Wildman–Crippen MR) is 67.9 cm³/mol. The van der Waals surface area contributed by atoms with Crippen molar-refractivity contribution >= 4 is 17.4 Å². The Hall–Kier alpha value is -3.04. The first-order valence-electron chi connectivity index (χ1n) is 5.94. The number of benzene rings is 1. The van der Waals surface area contributed by atoms with E-state index in [9.17, 15) is 18.0 Å². The number of halogens is 3. The van der Waals surface area contributed by atoms with Gasteiger partial charge < -0.3 is 5.73 Å². The highest BCUT2D eigenvalue weighted by atomic mass is 19.4. The molecule has 2 N–H and O–H groups in total. The molecule has 7 nitrogen and oxygen atoms in total. The van der Waals surface area contributed by atoms with Crippen molar-refractivity contribution in [2.75, 3.05) is 5.73 Å². The van der Waals surface area contributed by atoms with Crippen LogP contribution in [0.2, 0.25) is 0 Å². The lowest BCUT2D eigenvalue weighted by molar-refractivity contribution is -0.144. The molecule has 1 aromatic carbocycles. The Balaban J connectivity index is 2.13. The Morgan fingerprint density at radius 3 is 2.45 bits per heavy atom. The molecule has 3 aromatic rings. The van der Waals surface area contributed by atoms with Crippen LogP contribution >= 0.6 is 0 Å². The average Bonchev–Trinajstić information content (AvgIpc) is 2.93. The molecular formula is C12H7F3N6O. The molecule has 0 unspecified atom stereocenters. The lowest BCUT2D eigenvalue weighted by Gasteiger charge is -2.03. The van der Waals surface area contributed by atoms with Crippen molar-refractivity contribution < 1.29 is 18.0 Å². The van der Waals surface area contributed by atoms with E-state index in [0.717, 1.165) is 0 Å². The number of carbonyl (C=O) groups is 1. The summed E-state index contributed by atoms with van der Waals surface area (Å²) in [6, 6.07) is 8.02. The summed E-state index contributed by atoms with van der Waals surface area (Å²) >= 11 is 0. The van der Waals surface area contributed by atoms with E-state index in [-0.39, 0.29) is 17.1 Å². The van der Waals surface area contributed by atoms with Crippen LogP contribution in [-0.4, -0.2) is 30.6 Å². The lowest BCUT2D eigenvalue weighted by Crippen LogP contribution is -2.14. The largest absolute Gasteiger partial charge is 0.453 e. The normalized spacial score (nSPS) is 11.8. The summed E-state index contributed by atoms with van der Waals surface area (Å²) in [6.07, 6.45) is -4.75. The first kappa shape index (κ1) is 13.9. The summed E-state index contributed by atoms with van der Waals surface area (Å²) in [6.45, 7) is 0. The number of fused-ring (bicyclic) bond motifs is 1. The number of ketones is 1. The van der Waals surface area contributed by atoms with Gasteiger partial charge in [-0.1, -0.05) is 30.3 Å². The van der Waals surface area contributed by atoms with Crippen molar-refractivity contribution in [3.05, 3.63) is 47.4 Å². The second kappa shape index (κ2) is 4.76. The van der Waals surface area contributed by atoms with Crippen LogP contribution in [0.4, 0.5) is 19.0 Å². The summed E-state index contributed by atoms with van der Waals surface area (Å²) in [4.78, 5) is 15.4. The first-order chi connectivity index (χ1) is 10.4. The second-order valence-electron chi connectivity index (χ2n) is 4.27. The molecule has 0 saturated carbocycles. The van der Waals surface area contributed by atoms with Gasteiger partial charge in [-0.15, -0.1) is 15.3 Å². The third kappa shape index (κ3) is 2.24. The number of hydrogen-bond acceptors (Lipinski definition) is 6. The van der Waals surface area contributed by atoms with E-state index in [1.54, 1.807) is 18.2 Å². The minimum absolute atomic E-state index is 0.277. The van der Waals surface area contributed by atoms with E-state index < -0.39 is 23.6 Å². The lowest BCUT2D eigenvalue weighted by atomic mass is 10.1. The molecule has 10 heteroatoms. The van der Waals surface area contributed by atoms with E-state index in [1.165, 1.54) is 12.1 Å². The standard InChI is InChI=1S/C12H7F3N6O/c13-12(14,15)10-17-11-19-18-7(9(16)21(11)20-10)8(22)6-4-2-1-3-5-6/h1-5H,16H2. The molecule has 0 aliphatic heterocycles. The highest BCUT2D eigenvalue weighted by Crippen LogP contribution is 2.27. The monoisotopic (exact) mass is 308 g/mol. The Morgan fingerprint density at radius 2 is 1.82 bits per heavy atom. The van der Waals surface area contributed by atoms with E-state index in [4.69, 9.17) is 5.73 Å². The number of hydrogen-bond donors (Lipinski definition) is 1. The number of nitrogens with zero attached hydrogens (tertiary/aromatic N) is 5. The van der Waals surface area contributed by atoms with E-state index >= 15 is 0 Å². The minimum atomic E-state index is -4.75. The maximum absolute atomic E-state index is 12.6. The fourth-order valence-electron chi connectivity index (χ4n) is 1.78. The molecule has 0 aliphatic rings. The maximum Gasteiger partial charge on any atom is 0.453 e. The highest BCUT2D eigenvalue weighted by molar-refractivity contribution is 6.10. The molecule has 0 aliphatic carbocycles. The molecule has 0 fully saturated rings. The van der Waals surface area contributed by atoms with Gasteiger partial charge in [-0.05, 0) is 0 Å². The smallest absolute Gasteiger partial charge is 0.382 e. The molecule has 0 spiro atoms. The van der Waals surface area contributed by atoms with Crippen LogP contribution in [0.5, 0.6) is 0 Å². The fraction of sp³-hybridized carbons (Fsp3) is 0.0833. The number of rotatable bonds is 2. The zero-order valence-electron chi connectivity index (χ0n) is 10.7. The van der Waals surface area contributed by atoms with Crippen LogP contribution in [0.15, 0.2) is 30.3 Å². The third-order valence-corrected chi connectivity index (χ3v) is 2.80. The van der Waals surface area contributed by atoms with Gasteiger partial charge in [-0.25, -0.2) is 0 Å². The van der Waals surface area contributed by atoms with Gasteiger partial charge in [-0.2, -0.15) is 22.7 Å². The number of anilines is 1. The van der Waals surface area contributed by atoms with E-state index in [1.807, 2.05) is 0 Å². The molecular weight excluding hydrogens is 301 g/mol. The number of nitrogen functional groups attached to an aromatic ring is 1. The molecule has 0 saturated heterocycles. The van der Waals surface area contributed by atoms with E-state index in [0.29, 0.717) is 4.52 Å². The SMILES string of the molecule is Nc1c(C(=O)c2ccccc2)nnc2nc(C(F)(F)F)nn12. The first-order valence-corrected chi connectivity index (χ1v) is 5.94. The molecule has 2 aromatic heterocycles. The third-order valence-electron chi connectivity index (χ3n) is 2.80. The zero-order valence-corrected chi connectivity index (χ0v) is 10.7. The molecule has 0 atom stereocenters. The predicted octanol–water partition coefficient (Wildman–Crippen LogP) is 1.35. The molecule has 112 valence electrons. The Kier molecular flexibility index (Phi) is 3.01. The zero-order chi connectivity index (χ0) is 15.9.